The second-order valence-electron chi connectivity index (χ2n) is 4.86. The first-order valence-corrected chi connectivity index (χ1v) is 6.77. The van der Waals surface area contributed by atoms with Crippen LogP contribution >= 0.6 is 11.6 Å². The molecule has 0 aliphatic rings. The highest BCUT2D eigenvalue weighted by atomic mass is 35.5. The van der Waals surface area contributed by atoms with Crippen LogP contribution in [0.2, 0.25) is 5.02 Å². The summed E-state index contributed by atoms with van der Waals surface area (Å²) in [5.41, 5.74) is 1.11. The number of rotatable bonds is 5. The van der Waals surface area contributed by atoms with E-state index in [9.17, 15) is 4.79 Å². The van der Waals surface area contributed by atoms with Gasteiger partial charge >= 0.3 is 0 Å². The first kappa shape index (κ1) is 14.5. The van der Waals surface area contributed by atoms with Crippen LogP contribution in [0.3, 0.4) is 0 Å². The van der Waals surface area contributed by atoms with Crippen molar-refractivity contribution in [1.82, 2.24) is 25.5 Å². The van der Waals surface area contributed by atoms with Crippen LogP contribution < -0.4 is 5.32 Å². The van der Waals surface area contributed by atoms with E-state index in [-0.39, 0.29) is 5.91 Å². The zero-order valence-electron chi connectivity index (χ0n) is 11.4. The van der Waals surface area contributed by atoms with E-state index in [0.29, 0.717) is 28.7 Å². The molecular formula is C13H16ClN5O. The third-order valence-electron chi connectivity index (χ3n) is 2.82. The Morgan fingerprint density at radius 2 is 2.25 bits per heavy atom. The average molecular weight is 294 g/mol. The van der Waals surface area contributed by atoms with Gasteiger partial charge in [-0.25, -0.2) is 4.68 Å². The number of aromatic nitrogens is 4. The van der Waals surface area contributed by atoms with E-state index >= 15 is 0 Å². The molecule has 0 fully saturated rings. The Bertz CT molecular complexity index is 582. The van der Waals surface area contributed by atoms with Crippen LogP contribution in [-0.2, 0) is 0 Å². The lowest BCUT2D eigenvalue weighted by Gasteiger charge is -2.09. The number of amides is 1. The molecule has 0 spiro atoms. The molecule has 106 valence electrons. The van der Waals surface area contributed by atoms with E-state index in [1.807, 2.05) is 0 Å². The summed E-state index contributed by atoms with van der Waals surface area (Å²) in [6, 6.07) is 5.09. The largest absolute Gasteiger partial charge is 0.352 e. The van der Waals surface area contributed by atoms with E-state index in [1.54, 1.807) is 18.2 Å². The number of nitrogens with one attached hydrogen (secondary N) is 1. The van der Waals surface area contributed by atoms with Crippen LogP contribution in [0.25, 0.3) is 5.69 Å². The average Bonchev–Trinajstić information content (AvgIpc) is 2.92. The van der Waals surface area contributed by atoms with Gasteiger partial charge in [-0.05, 0) is 41.0 Å². The summed E-state index contributed by atoms with van der Waals surface area (Å²) < 4.78 is 1.47. The van der Waals surface area contributed by atoms with Crippen LogP contribution in [-0.4, -0.2) is 32.7 Å². The molecule has 2 rings (SSSR count). The van der Waals surface area contributed by atoms with Crippen molar-refractivity contribution < 1.29 is 4.79 Å². The number of benzene rings is 1. The molecule has 0 unspecified atom stereocenters. The van der Waals surface area contributed by atoms with Gasteiger partial charge in [0, 0.05) is 6.54 Å². The highest BCUT2D eigenvalue weighted by molar-refractivity contribution is 6.33. The van der Waals surface area contributed by atoms with Gasteiger partial charge < -0.3 is 5.32 Å². The van der Waals surface area contributed by atoms with Gasteiger partial charge in [0.1, 0.15) is 6.33 Å². The van der Waals surface area contributed by atoms with Gasteiger partial charge in [-0.15, -0.1) is 5.10 Å². The van der Waals surface area contributed by atoms with E-state index in [2.05, 4.69) is 34.7 Å². The Hall–Kier alpha value is -1.95. The number of hydrogen-bond donors (Lipinski definition) is 1. The van der Waals surface area contributed by atoms with E-state index in [1.165, 1.54) is 11.0 Å². The van der Waals surface area contributed by atoms with Gasteiger partial charge in [0.05, 0.1) is 16.3 Å². The third kappa shape index (κ3) is 3.54. The number of nitrogens with zero attached hydrogens (tertiary/aromatic N) is 4. The fourth-order valence-corrected chi connectivity index (χ4v) is 1.88. The molecule has 0 saturated carbocycles. The van der Waals surface area contributed by atoms with Crippen molar-refractivity contribution >= 4 is 17.5 Å². The van der Waals surface area contributed by atoms with Crippen LogP contribution in [0.5, 0.6) is 0 Å². The smallest absolute Gasteiger partial charge is 0.252 e. The number of hydrogen-bond acceptors (Lipinski definition) is 4. The topological polar surface area (TPSA) is 72.7 Å². The zero-order chi connectivity index (χ0) is 14.5. The van der Waals surface area contributed by atoms with E-state index in [4.69, 9.17) is 11.6 Å². The summed E-state index contributed by atoms with van der Waals surface area (Å²) >= 11 is 6.07. The lowest BCUT2D eigenvalue weighted by Crippen LogP contribution is -2.25. The highest BCUT2D eigenvalue weighted by Crippen LogP contribution is 2.19. The molecule has 0 radical (unpaired) electrons. The molecule has 0 saturated heterocycles. The lowest BCUT2D eigenvalue weighted by atomic mass is 10.1. The molecule has 7 heteroatoms. The molecule has 0 bridgehead atoms. The zero-order valence-corrected chi connectivity index (χ0v) is 12.1. The number of carbonyl (C=O) groups is 1. The molecule has 1 amide bonds. The van der Waals surface area contributed by atoms with Crippen molar-refractivity contribution in [2.45, 2.75) is 20.3 Å². The molecule has 6 nitrogen and oxygen atoms in total. The third-order valence-corrected chi connectivity index (χ3v) is 3.14. The summed E-state index contributed by atoms with van der Waals surface area (Å²) in [6.07, 6.45) is 2.39. The molecule has 20 heavy (non-hydrogen) atoms. The second kappa shape index (κ2) is 6.47. The minimum Gasteiger partial charge on any atom is -0.352 e. The van der Waals surface area contributed by atoms with Crippen LogP contribution in [0.15, 0.2) is 24.5 Å². The molecule has 1 aromatic carbocycles. The lowest BCUT2D eigenvalue weighted by molar-refractivity contribution is 0.0952. The fraction of sp³-hybridized carbons (Fsp3) is 0.385. The number of tetrazole rings is 1. The molecule has 0 atom stereocenters. The molecule has 0 aliphatic heterocycles. The Kier molecular flexibility index (Phi) is 4.68. The first-order valence-electron chi connectivity index (χ1n) is 6.39. The quantitative estimate of drug-likeness (QED) is 0.916. The van der Waals surface area contributed by atoms with Gasteiger partial charge in [0.2, 0.25) is 0 Å². The van der Waals surface area contributed by atoms with Crippen LogP contribution in [0.4, 0.5) is 0 Å². The van der Waals surface area contributed by atoms with Gasteiger partial charge in [0.25, 0.3) is 5.91 Å². The predicted molar refractivity (Wildman–Crippen MR) is 76.0 cm³/mol. The maximum Gasteiger partial charge on any atom is 0.252 e. The van der Waals surface area contributed by atoms with Crippen molar-refractivity contribution in [3.05, 3.63) is 35.1 Å². The highest BCUT2D eigenvalue weighted by Gasteiger charge is 2.12. The predicted octanol–water partition coefficient (Wildman–Crippen LogP) is 2.09. The maximum absolute atomic E-state index is 12.1. The monoisotopic (exact) mass is 293 g/mol. The summed E-state index contributed by atoms with van der Waals surface area (Å²) in [5.74, 6) is 0.351. The normalized spacial score (nSPS) is 10.8. The Morgan fingerprint density at radius 3 is 2.90 bits per heavy atom. The molecule has 2 aromatic rings. The number of carbonyl (C=O) groups excluding carboxylic acids is 1. The van der Waals surface area contributed by atoms with Gasteiger partial charge in [-0.2, -0.15) is 0 Å². The fourth-order valence-electron chi connectivity index (χ4n) is 1.68. The Morgan fingerprint density at radius 1 is 1.45 bits per heavy atom. The van der Waals surface area contributed by atoms with Crippen molar-refractivity contribution in [2.75, 3.05) is 6.54 Å². The van der Waals surface area contributed by atoms with Gasteiger partial charge in [-0.3, -0.25) is 4.79 Å². The summed E-state index contributed by atoms with van der Waals surface area (Å²) in [5, 5.41) is 14.2. The van der Waals surface area contributed by atoms with Gasteiger partial charge in [0.15, 0.2) is 0 Å². The maximum atomic E-state index is 12.1. The van der Waals surface area contributed by atoms with Crippen molar-refractivity contribution in [1.29, 1.82) is 0 Å². The summed E-state index contributed by atoms with van der Waals surface area (Å²) in [7, 11) is 0. The standard InChI is InChI=1S/C13H16ClN5O/c1-9(2)5-6-15-13(20)11-7-10(3-4-12(11)14)19-8-16-17-18-19/h3-4,7-9H,5-6H2,1-2H3,(H,15,20). The second-order valence-corrected chi connectivity index (χ2v) is 5.26. The van der Waals surface area contributed by atoms with E-state index < -0.39 is 0 Å². The summed E-state index contributed by atoms with van der Waals surface area (Å²) in [4.78, 5) is 12.1. The van der Waals surface area contributed by atoms with Gasteiger partial charge in [-0.1, -0.05) is 25.4 Å². The van der Waals surface area contributed by atoms with Crippen molar-refractivity contribution in [2.24, 2.45) is 5.92 Å². The minimum atomic E-state index is -0.189. The Labute approximate surface area is 122 Å². The molecule has 0 aliphatic carbocycles. The van der Waals surface area contributed by atoms with E-state index in [0.717, 1.165) is 6.42 Å². The minimum absolute atomic E-state index is 0.189. The van der Waals surface area contributed by atoms with Crippen molar-refractivity contribution in [3.63, 3.8) is 0 Å². The molecular weight excluding hydrogens is 278 g/mol. The Balaban J connectivity index is 2.14. The van der Waals surface area contributed by atoms with Crippen LogP contribution in [0, 0.1) is 5.92 Å². The molecule has 1 heterocycles. The number of halogens is 1. The van der Waals surface area contributed by atoms with Crippen LogP contribution in [0.1, 0.15) is 30.6 Å². The summed E-state index contributed by atoms with van der Waals surface area (Å²) in [6.45, 7) is 4.84. The SMILES string of the molecule is CC(C)CCNC(=O)c1cc(-n2cnnn2)ccc1Cl. The van der Waals surface area contributed by atoms with Crippen molar-refractivity contribution in [3.8, 4) is 5.69 Å². The molecule has 1 N–H and O–H groups in total. The molecule has 1 aromatic heterocycles. The first-order chi connectivity index (χ1) is 9.58.